The summed E-state index contributed by atoms with van der Waals surface area (Å²) in [5.41, 5.74) is 6.96. The van der Waals surface area contributed by atoms with Crippen molar-refractivity contribution in [2.75, 3.05) is 0 Å². The Morgan fingerprint density at radius 2 is 0.897 bits per heavy atom. The molecule has 0 spiro atoms. The van der Waals surface area contributed by atoms with Crippen molar-refractivity contribution in [3.63, 3.8) is 0 Å². The minimum absolute atomic E-state index is 0.901. The fraction of sp³-hybridized carbons (Fsp3) is 0. The largest absolute Gasteiger partial charge is 0.456 e. The number of hydrogen-bond acceptors (Lipinski definition) is 1. The molecule has 0 aliphatic carbocycles. The van der Waals surface area contributed by atoms with Gasteiger partial charge in [-0.3, -0.25) is 0 Å². The molecule has 0 unspecified atom stereocenters. The molecular weight excluding hydrogens is 472 g/mol. The Hall–Kier alpha value is -5.14. The predicted molar refractivity (Wildman–Crippen MR) is 165 cm³/mol. The van der Waals surface area contributed by atoms with Crippen molar-refractivity contribution in [1.29, 1.82) is 0 Å². The number of hydrogen-bond donors (Lipinski definition) is 0. The molecule has 0 fully saturated rings. The fourth-order valence-electron chi connectivity index (χ4n) is 6.11. The van der Waals surface area contributed by atoms with Gasteiger partial charge >= 0.3 is 0 Å². The Labute approximate surface area is 226 Å². The van der Waals surface area contributed by atoms with E-state index in [1.54, 1.807) is 0 Å². The molecule has 0 radical (unpaired) electrons. The summed E-state index contributed by atoms with van der Waals surface area (Å²) in [6, 6.07) is 51.9. The fourth-order valence-corrected chi connectivity index (χ4v) is 6.11. The first-order valence-corrected chi connectivity index (χ1v) is 13.4. The third-order valence-corrected chi connectivity index (χ3v) is 7.86. The van der Waals surface area contributed by atoms with Crippen LogP contribution in [-0.2, 0) is 0 Å². The first-order valence-electron chi connectivity index (χ1n) is 13.4. The summed E-state index contributed by atoms with van der Waals surface area (Å²) in [6.07, 6.45) is 0. The second kappa shape index (κ2) is 8.72. The zero-order valence-corrected chi connectivity index (χ0v) is 21.3. The Morgan fingerprint density at radius 1 is 0.333 bits per heavy atom. The molecule has 1 heteroatoms. The molecule has 8 rings (SSSR count). The quantitative estimate of drug-likeness (QED) is 0.222. The molecule has 0 aliphatic rings. The van der Waals surface area contributed by atoms with Crippen LogP contribution < -0.4 is 0 Å². The Kier molecular flexibility index (Phi) is 4.89. The lowest BCUT2D eigenvalue weighted by atomic mass is 9.87. The Morgan fingerprint density at radius 3 is 1.62 bits per heavy atom. The topological polar surface area (TPSA) is 13.1 Å². The van der Waals surface area contributed by atoms with Crippen molar-refractivity contribution in [3.05, 3.63) is 146 Å². The summed E-state index contributed by atoms with van der Waals surface area (Å²) < 4.78 is 6.60. The molecule has 0 atom stereocenters. The molecule has 182 valence electrons. The lowest BCUT2D eigenvalue weighted by molar-refractivity contribution is 0.633. The number of benzene rings is 7. The predicted octanol–water partition coefficient (Wildman–Crippen LogP) is 10.9. The molecule has 0 N–H and O–H groups in total. The van der Waals surface area contributed by atoms with Gasteiger partial charge in [-0.05, 0) is 72.8 Å². The first kappa shape index (κ1) is 21.9. The van der Waals surface area contributed by atoms with Gasteiger partial charge in [0.15, 0.2) is 0 Å². The van der Waals surface area contributed by atoms with Gasteiger partial charge in [-0.2, -0.15) is 0 Å². The van der Waals surface area contributed by atoms with E-state index in [1.807, 2.05) is 0 Å². The highest BCUT2D eigenvalue weighted by Crippen LogP contribution is 2.45. The van der Waals surface area contributed by atoms with E-state index in [2.05, 4.69) is 146 Å². The molecule has 7 aromatic carbocycles. The van der Waals surface area contributed by atoms with Gasteiger partial charge in [-0.1, -0.05) is 127 Å². The van der Waals surface area contributed by atoms with E-state index in [1.165, 1.54) is 54.6 Å². The lowest BCUT2D eigenvalue weighted by Crippen LogP contribution is -1.90. The van der Waals surface area contributed by atoms with Crippen molar-refractivity contribution < 1.29 is 4.42 Å². The minimum atomic E-state index is 0.901. The van der Waals surface area contributed by atoms with E-state index in [4.69, 9.17) is 4.42 Å². The summed E-state index contributed by atoms with van der Waals surface area (Å²) in [7, 11) is 0. The molecule has 1 heterocycles. The first-order chi connectivity index (χ1) is 19.3. The van der Waals surface area contributed by atoms with Crippen LogP contribution in [0.15, 0.2) is 150 Å². The van der Waals surface area contributed by atoms with Crippen molar-refractivity contribution in [2.24, 2.45) is 0 Å². The third-order valence-electron chi connectivity index (χ3n) is 7.86. The van der Waals surface area contributed by atoms with E-state index in [-0.39, 0.29) is 0 Å². The van der Waals surface area contributed by atoms with Gasteiger partial charge in [0.25, 0.3) is 0 Å². The van der Waals surface area contributed by atoms with Crippen LogP contribution in [0, 0.1) is 0 Å². The zero-order chi connectivity index (χ0) is 25.8. The monoisotopic (exact) mass is 496 g/mol. The van der Waals surface area contributed by atoms with Crippen LogP contribution in [0.5, 0.6) is 0 Å². The van der Waals surface area contributed by atoms with E-state index in [9.17, 15) is 0 Å². The van der Waals surface area contributed by atoms with Gasteiger partial charge in [0, 0.05) is 10.9 Å². The number of rotatable bonds is 3. The molecule has 39 heavy (non-hydrogen) atoms. The highest BCUT2D eigenvalue weighted by molar-refractivity contribution is 6.21. The molecule has 0 saturated heterocycles. The van der Waals surface area contributed by atoms with Crippen molar-refractivity contribution >= 4 is 43.3 Å². The van der Waals surface area contributed by atoms with Gasteiger partial charge < -0.3 is 4.42 Å². The second-order valence-electron chi connectivity index (χ2n) is 10.1. The zero-order valence-electron chi connectivity index (χ0n) is 21.3. The standard InChI is InChI=1S/C38H24O/c1-2-11-25(12-3-1)27-14-10-15-28(23-27)37-30-17-6-8-19-32(30)38(33-20-9-7-18-31(33)37)36-24-34-29-16-5-4-13-26(29)21-22-35(34)39-36/h1-24H. The minimum Gasteiger partial charge on any atom is -0.456 e. The van der Waals surface area contributed by atoms with Crippen molar-refractivity contribution in [1.82, 2.24) is 0 Å². The van der Waals surface area contributed by atoms with Crippen LogP contribution in [0.1, 0.15) is 0 Å². The molecular formula is C38H24O. The molecule has 8 aromatic rings. The van der Waals surface area contributed by atoms with Crippen LogP contribution in [0.2, 0.25) is 0 Å². The van der Waals surface area contributed by atoms with Gasteiger partial charge in [-0.25, -0.2) is 0 Å². The SMILES string of the molecule is c1ccc(-c2cccc(-c3c4ccccc4c(-c4cc5c(ccc6ccccc65)o4)c4ccccc34)c2)cc1. The summed E-state index contributed by atoms with van der Waals surface area (Å²) in [5, 5.41) is 8.42. The Balaban J connectivity index is 1.44. The molecule has 1 nitrogen and oxygen atoms in total. The molecule has 0 bridgehead atoms. The summed E-state index contributed by atoms with van der Waals surface area (Å²) in [5.74, 6) is 0.901. The normalized spacial score (nSPS) is 11.6. The Bertz CT molecular complexity index is 2110. The molecule has 0 amide bonds. The summed E-state index contributed by atoms with van der Waals surface area (Å²) in [6.45, 7) is 0. The highest BCUT2D eigenvalue weighted by atomic mass is 16.3. The molecule has 0 aliphatic heterocycles. The van der Waals surface area contributed by atoms with Crippen LogP contribution in [0.3, 0.4) is 0 Å². The van der Waals surface area contributed by atoms with E-state index in [0.29, 0.717) is 0 Å². The van der Waals surface area contributed by atoms with Crippen LogP contribution in [0.4, 0.5) is 0 Å². The molecule has 1 aromatic heterocycles. The molecule has 0 saturated carbocycles. The smallest absolute Gasteiger partial charge is 0.136 e. The second-order valence-corrected chi connectivity index (χ2v) is 10.1. The van der Waals surface area contributed by atoms with E-state index >= 15 is 0 Å². The average Bonchev–Trinajstić information content (AvgIpc) is 3.45. The maximum Gasteiger partial charge on any atom is 0.136 e. The highest BCUT2D eigenvalue weighted by Gasteiger charge is 2.19. The number of furan rings is 1. The summed E-state index contributed by atoms with van der Waals surface area (Å²) >= 11 is 0. The maximum absolute atomic E-state index is 6.60. The van der Waals surface area contributed by atoms with Gasteiger partial charge in [0.05, 0.1) is 0 Å². The maximum atomic E-state index is 6.60. The van der Waals surface area contributed by atoms with Crippen LogP contribution in [0.25, 0.3) is 76.9 Å². The van der Waals surface area contributed by atoms with Gasteiger partial charge in [-0.15, -0.1) is 0 Å². The van der Waals surface area contributed by atoms with E-state index in [0.717, 1.165) is 22.3 Å². The van der Waals surface area contributed by atoms with Gasteiger partial charge in [0.2, 0.25) is 0 Å². The number of fused-ring (bicyclic) bond motifs is 5. The summed E-state index contributed by atoms with van der Waals surface area (Å²) in [4.78, 5) is 0. The third kappa shape index (κ3) is 3.48. The lowest BCUT2D eigenvalue weighted by Gasteiger charge is -2.17. The van der Waals surface area contributed by atoms with Crippen LogP contribution >= 0.6 is 0 Å². The average molecular weight is 497 g/mol. The van der Waals surface area contributed by atoms with E-state index < -0.39 is 0 Å². The van der Waals surface area contributed by atoms with Crippen LogP contribution in [-0.4, -0.2) is 0 Å². The van der Waals surface area contributed by atoms with Crippen molar-refractivity contribution in [3.8, 4) is 33.6 Å². The van der Waals surface area contributed by atoms with Crippen molar-refractivity contribution in [2.45, 2.75) is 0 Å². The van der Waals surface area contributed by atoms with Gasteiger partial charge in [0.1, 0.15) is 11.3 Å².